The van der Waals surface area contributed by atoms with Crippen LogP contribution in [-0.2, 0) is 20.7 Å². The molecule has 2 rings (SSSR count). The van der Waals surface area contributed by atoms with Crippen LogP contribution in [0.2, 0.25) is 0 Å². The predicted molar refractivity (Wildman–Crippen MR) is 68.5 cm³/mol. The molecule has 0 radical (unpaired) electrons. The second-order valence-electron chi connectivity index (χ2n) is 5.45. The molecule has 98 valence electrons. The van der Waals surface area contributed by atoms with Gasteiger partial charge in [-0.25, -0.2) is 9.97 Å². The van der Waals surface area contributed by atoms with Crippen LogP contribution >= 0.6 is 0 Å². The van der Waals surface area contributed by atoms with Crippen LogP contribution < -0.4 is 5.46 Å². The van der Waals surface area contributed by atoms with E-state index in [0.717, 1.165) is 5.46 Å². The topological polar surface area (TPSA) is 53.5 Å². The maximum Gasteiger partial charge on any atom is 0.498 e. The van der Waals surface area contributed by atoms with E-state index in [9.17, 15) is 0 Å². The third kappa shape index (κ3) is 2.41. The Kier molecular flexibility index (Phi) is 3.44. The first kappa shape index (κ1) is 13.5. The van der Waals surface area contributed by atoms with Crippen molar-refractivity contribution >= 4 is 12.6 Å². The molecular weight excluding hydrogens is 231 g/mol. The quantitative estimate of drug-likeness (QED) is 0.747. The van der Waals surface area contributed by atoms with E-state index in [4.69, 9.17) is 14.0 Å². The number of hydrogen-bond donors (Lipinski definition) is 0. The fourth-order valence-electron chi connectivity index (χ4n) is 1.67. The smallest absolute Gasteiger partial charge is 0.399 e. The summed E-state index contributed by atoms with van der Waals surface area (Å²) in [6.45, 7) is 8.49. The Morgan fingerprint density at radius 1 is 1.11 bits per heavy atom. The molecule has 0 amide bonds. The van der Waals surface area contributed by atoms with Gasteiger partial charge >= 0.3 is 7.12 Å². The van der Waals surface area contributed by atoms with Crippen molar-refractivity contribution in [1.29, 1.82) is 0 Å². The van der Waals surface area contributed by atoms with E-state index in [0.29, 0.717) is 12.4 Å². The third-order valence-corrected chi connectivity index (χ3v) is 3.52. The molecule has 0 atom stereocenters. The highest BCUT2D eigenvalue weighted by Crippen LogP contribution is 2.36. The molecular formula is C12H19BN2O3. The van der Waals surface area contributed by atoms with Crippen LogP contribution in [-0.4, -0.2) is 35.4 Å². The molecule has 6 heteroatoms. The normalized spacial score (nSPS) is 21.3. The highest BCUT2D eigenvalue weighted by molar-refractivity contribution is 6.61. The standard InChI is InChI=1S/C12H19BN2O3/c1-11(2)12(3,4)18-13(17-11)9-6-14-10(8-16-5)15-7-9/h6-7H,8H2,1-5H3. The number of hydrogen-bond acceptors (Lipinski definition) is 5. The van der Waals surface area contributed by atoms with Gasteiger partial charge in [0.05, 0.1) is 11.2 Å². The van der Waals surface area contributed by atoms with Gasteiger partial charge in [-0.15, -0.1) is 0 Å². The minimum atomic E-state index is -0.411. The molecule has 1 fully saturated rings. The molecule has 0 spiro atoms. The van der Waals surface area contributed by atoms with Crippen LogP contribution in [0.1, 0.15) is 33.5 Å². The molecule has 0 aromatic carbocycles. The SMILES string of the molecule is COCc1ncc(B2OC(C)(C)C(C)(C)O2)cn1. The highest BCUT2D eigenvalue weighted by Gasteiger charge is 2.51. The van der Waals surface area contributed by atoms with Crippen molar-refractivity contribution in [3.8, 4) is 0 Å². The summed E-state index contributed by atoms with van der Waals surface area (Å²) >= 11 is 0. The Labute approximate surface area is 108 Å². The fraction of sp³-hybridized carbons (Fsp3) is 0.667. The van der Waals surface area contributed by atoms with Crippen molar-refractivity contribution in [2.24, 2.45) is 0 Å². The summed E-state index contributed by atoms with van der Waals surface area (Å²) in [7, 11) is 1.21. The Hall–Kier alpha value is -0.975. The molecule has 1 aromatic rings. The molecule has 5 nitrogen and oxygen atoms in total. The molecule has 18 heavy (non-hydrogen) atoms. The largest absolute Gasteiger partial charge is 0.498 e. The number of ether oxygens (including phenoxy) is 1. The maximum atomic E-state index is 5.92. The number of rotatable bonds is 3. The van der Waals surface area contributed by atoms with Gasteiger partial charge in [0.1, 0.15) is 6.61 Å². The molecule has 1 saturated heterocycles. The summed E-state index contributed by atoms with van der Waals surface area (Å²) in [5.74, 6) is 0.651. The third-order valence-electron chi connectivity index (χ3n) is 3.52. The lowest BCUT2D eigenvalue weighted by Crippen LogP contribution is -2.41. The Bertz CT molecular complexity index is 404. The van der Waals surface area contributed by atoms with Gasteiger partial charge in [-0.05, 0) is 27.7 Å². The van der Waals surface area contributed by atoms with Gasteiger partial charge in [0.15, 0.2) is 5.82 Å². The van der Waals surface area contributed by atoms with E-state index in [-0.39, 0.29) is 11.2 Å². The zero-order valence-corrected chi connectivity index (χ0v) is 11.6. The summed E-state index contributed by atoms with van der Waals surface area (Å²) in [6, 6.07) is 0. The summed E-state index contributed by atoms with van der Waals surface area (Å²) in [4.78, 5) is 8.42. The number of aromatic nitrogens is 2. The number of methoxy groups -OCH3 is 1. The highest BCUT2D eigenvalue weighted by atomic mass is 16.7. The van der Waals surface area contributed by atoms with Gasteiger partial charge in [0.25, 0.3) is 0 Å². The molecule has 0 bridgehead atoms. The van der Waals surface area contributed by atoms with E-state index >= 15 is 0 Å². The lowest BCUT2D eigenvalue weighted by Gasteiger charge is -2.32. The summed E-state index contributed by atoms with van der Waals surface area (Å²) in [5.41, 5.74) is 0.139. The molecule has 0 saturated carbocycles. The van der Waals surface area contributed by atoms with Crippen molar-refractivity contribution in [1.82, 2.24) is 9.97 Å². The molecule has 0 unspecified atom stereocenters. The van der Waals surface area contributed by atoms with Crippen molar-refractivity contribution in [2.45, 2.75) is 45.5 Å². The lowest BCUT2D eigenvalue weighted by molar-refractivity contribution is 0.00578. The minimum absolute atomic E-state index is 0.344. The van der Waals surface area contributed by atoms with E-state index < -0.39 is 7.12 Å². The monoisotopic (exact) mass is 250 g/mol. The van der Waals surface area contributed by atoms with Crippen LogP contribution in [0.15, 0.2) is 12.4 Å². The first-order valence-electron chi connectivity index (χ1n) is 6.01. The Balaban J connectivity index is 2.14. The van der Waals surface area contributed by atoms with Crippen molar-refractivity contribution in [3.05, 3.63) is 18.2 Å². The molecule has 1 aliphatic heterocycles. The predicted octanol–water partition coefficient (Wildman–Crippen LogP) is 0.922. The van der Waals surface area contributed by atoms with Crippen LogP contribution in [0.25, 0.3) is 0 Å². The van der Waals surface area contributed by atoms with Gasteiger partial charge in [0.2, 0.25) is 0 Å². The lowest BCUT2D eigenvalue weighted by atomic mass is 9.81. The molecule has 0 aliphatic carbocycles. The van der Waals surface area contributed by atoms with Gasteiger partial charge < -0.3 is 14.0 Å². The Morgan fingerprint density at radius 3 is 2.06 bits per heavy atom. The summed E-state index contributed by atoms with van der Waals surface area (Å²) in [6.07, 6.45) is 3.45. The average Bonchev–Trinajstić information content (AvgIpc) is 2.50. The number of nitrogens with zero attached hydrogens (tertiary/aromatic N) is 2. The first-order valence-corrected chi connectivity index (χ1v) is 6.01. The Morgan fingerprint density at radius 2 is 1.61 bits per heavy atom. The van der Waals surface area contributed by atoms with E-state index in [1.807, 2.05) is 27.7 Å². The van der Waals surface area contributed by atoms with E-state index in [1.54, 1.807) is 19.5 Å². The zero-order valence-electron chi connectivity index (χ0n) is 11.6. The average molecular weight is 250 g/mol. The van der Waals surface area contributed by atoms with Crippen LogP contribution in [0.3, 0.4) is 0 Å². The van der Waals surface area contributed by atoms with Gasteiger partial charge in [-0.2, -0.15) is 0 Å². The second kappa shape index (κ2) is 4.61. The van der Waals surface area contributed by atoms with Crippen molar-refractivity contribution < 1.29 is 14.0 Å². The van der Waals surface area contributed by atoms with Crippen molar-refractivity contribution in [2.75, 3.05) is 7.11 Å². The molecule has 1 aromatic heterocycles. The zero-order chi connectivity index (χ0) is 13.4. The minimum Gasteiger partial charge on any atom is -0.399 e. The van der Waals surface area contributed by atoms with Gasteiger partial charge in [-0.1, -0.05) is 0 Å². The van der Waals surface area contributed by atoms with Crippen molar-refractivity contribution in [3.63, 3.8) is 0 Å². The van der Waals surface area contributed by atoms with E-state index in [2.05, 4.69) is 9.97 Å². The maximum absolute atomic E-state index is 5.92. The van der Waals surface area contributed by atoms with Crippen LogP contribution in [0.5, 0.6) is 0 Å². The summed E-state index contributed by atoms with van der Waals surface area (Å²) in [5, 5.41) is 0. The first-order chi connectivity index (χ1) is 8.36. The second-order valence-corrected chi connectivity index (χ2v) is 5.45. The molecule has 0 N–H and O–H groups in total. The molecule has 2 heterocycles. The fourth-order valence-corrected chi connectivity index (χ4v) is 1.67. The van der Waals surface area contributed by atoms with Crippen LogP contribution in [0.4, 0.5) is 0 Å². The van der Waals surface area contributed by atoms with E-state index in [1.165, 1.54) is 0 Å². The van der Waals surface area contributed by atoms with Crippen LogP contribution in [0, 0.1) is 0 Å². The van der Waals surface area contributed by atoms with Gasteiger partial charge in [0, 0.05) is 25.0 Å². The summed E-state index contributed by atoms with van der Waals surface area (Å²) < 4.78 is 16.8. The molecule has 1 aliphatic rings. The van der Waals surface area contributed by atoms with Gasteiger partial charge in [-0.3, -0.25) is 0 Å².